The highest BCUT2D eigenvalue weighted by atomic mass is 19.1. The maximum absolute atomic E-state index is 14.3. The van der Waals surface area contributed by atoms with Gasteiger partial charge in [0.25, 0.3) is 0 Å². The van der Waals surface area contributed by atoms with Crippen molar-refractivity contribution in [1.82, 2.24) is 24.9 Å². The van der Waals surface area contributed by atoms with Gasteiger partial charge in [-0.3, -0.25) is 4.40 Å². The van der Waals surface area contributed by atoms with Gasteiger partial charge in [0.1, 0.15) is 23.7 Å². The van der Waals surface area contributed by atoms with Gasteiger partial charge in [-0.05, 0) is 62.3 Å². The molecule has 1 fully saturated rings. The van der Waals surface area contributed by atoms with Crippen LogP contribution in [-0.4, -0.2) is 44.9 Å². The average Bonchev–Trinajstić information content (AvgIpc) is 3.06. The van der Waals surface area contributed by atoms with E-state index in [9.17, 15) is 4.39 Å². The van der Waals surface area contributed by atoms with Crippen LogP contribution >= 0.6 is 0 Å². The van der Waals surface area contributed by atoms with E-state index in [1.54, 1.807) is 0 Å². The fraction of sp³-hybridized carbons (Fsp3) is 0.286. The van der Waals surface area contributed by atoms with Gasteiger partial charge in [-0.2, -0.15) is 0 Å². The van der Waals surface area contributed by atoms with Gasteiger partial charge in [-0.25, -0.2) is 9.37 Å². The maximum Gasteiger partial charge on any atom is 0.187 e. The van der Waals surface area contributed by atoms with Crippen LogP contribution in [0, 0.1) is 0 Å². The van der Waals surface area contributed by atoms with Crippen molar-refractivity contribution in [3.8, 4) is 17.3 Å². The van der Waals surface area contributed by atoms with Crippen LogP contribution in [0.5, 0.6) is 5.75 Å². The van der Waals surface area contributed by atoms with Crippen LogP contribution < -0.4 is 10.1 Å². The second kappa shape index (κ2) is 7.16. The van der Waals surface area contributed by atoms with Crippen molar-refractivity contribution in [2.24, 2.45) is 0 Å². The molecule has 1 aliphatic heterocycles. The molecule has 1 aromatic carbocycles. The Morgan fingerprint density at radius 3 is 2.93 bits per heavy atom. The minimum Gasteiger partial charge on any atom is -0.487 e. The van der Waals surface area contributed by atoms with Crippen molar-refractivity contribution >= 4 is 16.6 Å². The van der Waals surface area contributed by atoms with Gasteiger partial charge in [0.05, 0.1) is 5.52 Å². The van der Waals surface area contributed by atoms with Gasteiger partial charge in [0.15, 0.2) is 11.5 Å². The molecule has 142 valence electrons. The third kappa shape index (κ3) is 3.18. The minimum absolute atomic E-state index is 0.415. The first-order valence-electron chi connectivity index (χ1n) is 9.50. The molecule has 4 heterocycles. The largest absolute Gasteiger partial charge is 0.487 e. The first-order chi connectivity index (χ1) is 13.8. The lowest BCUT2D eigenvalue weighted by Gasteiger charge is -2.20. The molecular weight excluding hydrogens is 357 g/mol. The summed E-state index contributed by atoms with van der Waals surface area (Å²) >= 11 is 0. The zero-order valence-electron chi connectivity index (χ0n) is 15.3. The Morgan fingerprint density at radius 2 is 1.96 bits per heavy atom. The molecule has 6 nitrogen and oxygen atoms in total. The quantitative estimate of drug-likeness (QED) is 0.593. The lowest BCUT2D eigenvalue weighted by Crippen LogP contribution is -2.28. The Labute approximate surface area is 161 Å². The van der Waals surface area contributed by atoms with E-state index in [0.717, 1.165) is 28.8 Å². The summed E-state index contributed by atoms with van der Waals surface area (Å²) in [5.74, 6) is 1.37. The van der Waals surface area contributed by atoms with E-state index in [-0.39, 0.29) is 0 Å². The predicted molar refractivity (Wildman–Crippen MR) is 105 cm³/mol. The molecule has 28 heavy (non-hydrogen) atoms. The van der Waals surface area contributed by atoms with Gasteiger partial charge in [0, 0.05) is 11.6 Å². The molecule has 0 radical (unpaired) electrons. The lowest BCUT2D eigenvalue weighted by molar-refractivity contribution is 0.0972. The number of halogens is 1. The summed E-state index contributed by atoms with van der Waals surface area (Å²) in [5, 5.41) is 12.6. The summed E-state index contributed by atoms with van der Waals surface area (Å²) in [6.45, 7) is 1.47. The van der Waals surface area contributed by atoms with Crippen LogP contribution in [0.3, 0.4) is 0 Å². The molecule has 0 spiro atoms. The van der Waals surface area contributed by atoms with Crippen molar-refractivity contribution in [2.75, 3.05) is 13.1 Å². The average molecular weight is 377 g/mol. The number of benzene rings is 1. The van der Waals surface area contributed by atoms with Crippen molar-refractivity contribution < 1.29 is 9.13 Å². The molecule has 4 aromatic rings. The smallest absolute Gasteiger partial charge is 0.187 e. The standard InChI is InChI=1S/C21H20FN5O/c22-16-8-10-23-11-9-19(16)28-15-5-7-17-14(13-15)4-6-18(24-17)21-26-25-20-3-1-2-12-27(20)21/h1-7,12-13,16,19,23H,8-11H2. The van der Waals surface area contributed by atoms with Gasteiger partial charge >= 0.3 is 0 Å². The number of nitrogens with one attached hydrogen (secondary N) is 1. The zero-order valence-corrected chi connectivity index (χ0v) is 15.3. The molecule has 1 aliphatic rings. The Bertz CT molecular complexity index is 1130. The molecular formula is C21H20FN5O. The van der Waals surface area contributed by atoms with E-state index < -0.39 is 12.3 Å². The van der Waals surface area contributed by atoms with E-state index in [1.807, 2.05) is 59.1 Å². The number of fused-ring (bicyclic) bond motifs is 2. The summed E-state index contributed by atoms with van der Waals surface area (Å²) in [5.41, 5.74) is 2.36. The van der Waals surface area contributed by atoms with E-state index in [1.165, 1.54) is 0 Å². The summed E-state index contributed by atoms with van der Waals surface area (Å²) in [6, 6.07) is 15.3. The normalized spacial score (nSPS) is 20.3. The van der Waals surface area contributed by atoms with Crippen LogP contribution in [0.25, 0.3) is 28.1 Å². The second-order valence-corrected chi connectivity index (χ2v) is 7.00. The van der Waals surface area contributed by atoms with Crippen LogP contribution in [0.2, 0.25) is 0 Å². The van der Waals surface area contributed by atoms with Crippen molar-refractivity contribution in [2.45, 2.75) is 25.1 Å². The second-order valence-electron chi connectivity index (χ2n) is 7.00. The van der Waals surface area contributed by atoms with E-state index in [2.05, 4.69) is 15.5 Å². The predicted octanol–water partition coefficient (Wildman–Crippen LogP) is 3.41. The number of nitrogens with zero attached hydrogens (tertiary/aromatic N) is 4. The Kier molecular flexibility index (Phi) is 4.37. The first kappa shape index (κ1) is 17.1. The highest BCUT2D eigenvalue weighted by Gasteiger charge is 2.24. The molecule has 1 N–H and O–H groups in total. The van der Waals surface area contributed by atoms with Gasteiger partial charge in [-0.15, -0.1) is 10.2 Å². The molecule has 2 atom stereocenters. The highest BCUT2D eigenvalue weighted by Crippen LogP contribution is 2.26. The summed E-state index contributed by atoms with van der Waals surface area (Å²) in [7, 11) is 0. The third-order valence-corrected chi connectivity index (χ3v) is 5.10. The van der Waals surface area contributed by atoms with Gasteiger partial charge < -0.3 is 10.1 Å². The number of ether oxygens (including phenoxy) is 1. The van der Waals surface area contributed by atoms with Crippen LogP contribution in [0.4, 0.5) is 4.39 Å². The zero-order chi connectivity index (χ0) is 18.9. The summed E-state index contributed by atoms with van der Waals surface area (Å²) in [4.78, 5) is 4.72. The van der Waals surface area contributed by atoms with Crippen molar-refractivity contribution in [3.63, 3.8) is 0 Å². The van der Waals surface area contributed by atoms with Crippen LogP contribution in [0.15, 0.2) is 54.7 Å². The molecule has 0 amide bonds. The van der Waals surface area contributed by atoms with E-state index in [0.29, 0.717) is 31.0 Å². The lowest BCUT2D eigenvalue weighted by atomic mass is 10.1. The molecule has 5 rings (SSSR count). The molecule has 0 bridgehead atoms. The van der Waals surface area contributed by atoms with E-state index in [4.69, 9.17) is 9.72 Å². The Hall–Kier alpha value is -3.06. The molecule has 0 saturated carbocycles. The van der Waals surface area contributed by atoms with E-state index >= 15 is 0 Å². The van der Waals surface area contributed by atoms with Gasteiger partial charge in [-0.1, -0.05) is 12.1 Å². The topological polar surface area (TPSA) is 64.3 Å². The number of pyridine rings is 2. The molecule has 7 heteroatoms. The fourth-order valence-electron chi connectivity index (χ4n) is 3.60. The number of hydrogen-bond acceptors (Lipinski definition) is 5. The van der Waals surface area contributed by atoms with Crippen LogP contribution in [-0.2, 0) is 0 Å². The summed E-state index contributed by atoms with van der Waals surface area (Å²) in [6.07, 6.45) is 1.70. The first-order valence-corrected chi connectivity index (χ1v) is 9.50. The highest BCUT2D eigenvalue weighted by molar-refractivity contribution is 5.82. The Morgan fingerprint density at radius 1 is 1.04 bits per heavy atom. The SMILES string of the molecule is FC1CCNCCC1Oc1ccc2nc(-c3nnc4ccccn34)ccc2c1. The van der Waals surface area contributed by atoms with Gasteiger partial charge in [0.2, 0.25) is 0 Å². The molecule has 3 aromatic heterocycles. The number of alkyl halides is 1. The molecule has 1 saturated heterocycles. The minimum atomic E-state index is -0.951. The van der Waals surface area contributed by atoms with Crippen molar-refractivity contribution in [3.05, 3.63) is 54.7 Å². The summed E-state index contributed by atoms with van der Waals surface area (Å²) < 4.78 is 22.1. The fourth-order valence-corrected chi connectivity index (χ4v) is 3.60. The number of hydrogen-bond donors (Lipinski definition) is 1. The van der Waals surface area contributed by atoms with Crippen molar-refractivity contribution in [1.29, 1.82) is 0 Å². The monoisotopic (exact) mass is 377 g/mol. The maximum atomic E-state index is 14.3. The molecule has 0 aliphatic carbocycles. The Balaban J connectivity index is 1.44. The van der Waals surface area contributed by atoms with Crippen LogP contribution in [0.1, 0.15) is 12.8 Å². The molecule has 2 unspecified atom stereocenters. The number of aromatic nitrogens is 4. The third-order valence-electron chi connectivity index (χ3n) is 5.10. The number of rotatable bonds is 3.